The van der Waals surface area contributed by atoms with Gasteiger partial charge >= 0.3 is 12.7 Å². The summed E-state index contributed by atoms with van der Waals surface area (Å²) >= 11 is 0. The van der Waals surface area contributed by atoms with E-state index >= 15 is 0 Å². The van der Waals surface area contributed by atoms with E-state index in [0.29, 0.717) is 0 Å². The van der Waals surface area contributed by atoms with Crippen molar-refractivity contribution in [3.63, 3.8) is 0 Å². The molecule has 0 saturated carbocycles. The van der Waals surface area contributed by atoms with Gasteiger partial charge in [-0.05, 0) is 19.1 Å². The molecule has 0 bridgehead atoms. The molecule has 8 heteroatoms. The lowest BCUT2D eigenvalue weighted by Gasteiger charge is -2.15. The Morgan fingerprint density at radius 3 is 1.47 bits per heavy atom. The first kappa shape index (κ1) is 13.5. The maximum Gasteiger partial charge on any atom is 0.573 e. The number of halogens is 6. The van der Waals surface area contributed by atoms with Gasteiger partial charge in [0.15, 0.2) is 0 Å². The number of alkyl halides is 6. The van der Waals surface area contributed by atoms with Gasteiger partial charge in [-0.1, -0.05) is 6.07 Å². The molecule has 0 aromatic heterocycles. The smallest absolute Gasteiger partial charge is 0.405 e. The zero-order chi connectivity index (χ0) is 13.3. The van der Waals surface area contributed by atoms with E-state index in [2.05, 4.69) is 9.47 Å². The van der Waals surface area contributed by atoms with Gasteiger partial charge in [0.2, 0.25) is 0 Å². The first-order valence-corrected chi connectivity index (χ1v) is 4.19. The van der Waals surface area contributed by atoms with Crippen LogP contribution >= 0.6 is 0 Å². The van der Waals surface area contributed by atoms with Gasteiger partial charge in [-0.2, -0.15) is 0 Å². The molecule has 1 rings (SSSR count). The summed E-state index contributed by atoms with van der Waals surface area (Å²) in [5.41, 5.74) is -0.387. The first-order valence-electron chi connectivity index (χ1n) is 4.19. The molecule has 0 spiro atoms. The lowest BCUT2D eigenvalue weighted by atomic mass is 10.2. The van der Waals surface area contributed by atoms with Gasteiger partial charge in [-0.25, -0.2) is 0 Å². The molecule has 1 aromatic rings. The van der Waals surface area contributed by atoms with Crippen LogP contribution in [0.1, 0.15) is 5.56 Å². The summed E-state index contributed by atoms with van der Waals surface area (Å²) < 4.78 is 78.5. The van der Waals surface area contributed by atoms with Crippen LogP contribution in [0.3, 0.4) is 0 Å². The fourth-order valence-corrected chi connectivity index (χ4v) is 1.06. The summed E-state index contributed by atoms with van der Waals surface area (Å²) in [6.45, 7) is 1.03. The highest BCUT2D eigenvalue weighted by Crippen LogP contribution is 2.34. The third-order valence-electron chi connectivity index (χ3n) is 1.69. The van der Waals surface area contributed by atoms with Gasteiger partial charge in [-0.15, -0.1) is 26.3 Å². The summed E-state index contributed by atoms with van der Waals surface area (Å²) in [5, 5.41) is 0. The van der Waals surface area contributed by atoms with Crippen LogP contribution in [0, 0.1) is 6.92 Å². The Morgan fingerprint density at radius 1 is 0.824 bits per heavy atom. The SMILES string of the molecule is Cc1c(OC(F)(F)F)cccc1OC(F)(F)F. The highest BCUT2D eigenvalue weighted by molar-refractivity contribution is 5.43. The summed E-state index contributed by atoms with van der Waals surface area (Å²) in [4.78, 5) is 0. The molecule has 17 heavy (non-hydrogen) atoms. The molecule has 0 unspecified atom stereocenters. The van der Waals surface area contributed by atoms with Crippen molar-refractivity contribution in [2.45, 2.75) is 19.6 Å². The van der Waals surface area contributed by atoms with Crippen molar-refractivity contribution >= 4 is 0 Å². The monoisotopic (exact) mass is 260 g/mol. The van der Waals surface area contributed by atoms with Crippen molar-refractivity contribution < 1.29 is 35.8 Å². The summed E-state index contributed by atoms with van der Waals surface area (Å²) in [6, 6.07) is 2.76. The van der Waals surface area contributed by atoms with Crippen LogP contribution in [-0.4, -0.2) is 12.7 Å². The molecular weight excluding hydrogens is 254 g/mol. The van der Waals surface area contributed by atoms with Crippen molar-refractivity contribution in [2.75, 3.05) is 0 Å². The summed E-state index contributed by atoms with van der Waals surface area (Å²) in [7, 11) is 0. The van der Waals surface area contributed by atoms with Crippen molar-refractivity contribution in [1.82, 2.24) is 0 Å². The molecule has 0 atom stereocenters. The first-order chi connectivity index (χ1) is 7.58. The van der Waals surface area contributed by atoms with Crippen LogP contribution in [0.15, 0.2) is 18.2 Å². The van der Waals surface area contributed by atoms with Crippen molar-refractivity contribution in [3.05, 3.63) is 23.8 Å². The van der Waals surface area contributed by atoms with E-state index in [-0.39, 0.29) is 5.56 Å². The van der Waals surface area contributed by atoms with Crippen LogP contribution in [0.25, 0.3) is 0 Å². The summed E-state index contributed by atoms with van der Waals surface area (Å²) in [6.07, 6.45) is -9.94. The molecule has 0 saturated heterocycles. The molecule has 0 radical (unpaired) electrons. The van der Waals surface area contributed by atoms with Crippen molar-refractivity contribution in [2.24, 2.45) is 0 Å². The second-order valence-electron chi connectivity index (χ2n) is 2.97. The Labute approximate surface area is 91.7 Å². The third-order valence-corrected chi connectivity index (χ3v) is 1.69. The highest BCUT2D eigenvalue weighted by Gasteiger charge is 2.34. The molecule has 2 nitrogen and oxygen atoms in total. The quantitative estimate of drug-likeness (QED) is 0.753. The standard InChI is InChI=1S/C9H6F6O2/c1-5-6(16-8(10,11)12)3-2-4-7(5)17-9(13,14)15/h2-4H,1H3. The van der Waals surface area contributed by atoms with Gasteiger partial charge < -0.3 is 9.47 Å². The minimum atomic E-state index is -4.97. The Hall–Kier alpha value is -1.60. The zero-order valence-corrected chi connectivity index (χ0v) is 8.32. The van der Waals surface area contributed by atoms with Gasteiger partial charge in [-0.3, -0.25) is 0 Å². The minimum absolute atomic E-state index is 0.387. The molecule has 0 N–H and O–H groups in total. The van der Waals surface area contributed by atoms with Gasteiger partial charge in [0.05, 0.1) is 0 Å². The molecule has 0 aliphatic heterocycles. The van der Waals surface area contributed by atoms with Crippen LogP contribution in [0.5, 0.6) is 11.5 Å². The molecule has 0 aliphatic carbocycles. The van der Waals surface area contributed by atoms with E-state index in [1.54, 1.807) is 0 Å². The molecule has 0 amide bonds. The molecular formula is C9H6F6O2. The average molecular weight is 260 g/mol. The summed E-state index contributed by atoms with van der Waals surface area (Å²) in [5.74, 6) is -1.47. The molecule has 0 fully saturated rings. The van der Waals surface area contributed by atoms with E-state index in [1.165, 1.54) is 0 Å². The van der Waals surface area contributed by atoms with Gasteiger partial charge in [0.1, 0.15) is 11.5 Å². The Bertz CT molecular complexity index is 361. The van der Waals surface area contributed by atoms with Crippen LogP contribution < -0.4 is 9.47 Å². The van der Waals surface area contributed by atoms with E-state index in [0.717, 1.165) is 25.1 Å². The van der Waals surface area contributed by atoms with Crippen LogP contribution in [0.2, 0.25) is 0 Å². The predicted molar refractivity (Wildman–Crippen MR) is 44.5 cm³/mol. The van der Waals surface area contributed by atoms with Crippen LogP contribution in [-0.2, 0) is 0 Å². The van der Waals surface area contributed by atoms with Crippen molar-refractivity contribution in [1.29, 1.82) is 0 Å². The van der Waals surface area contributed by atoms with Gasteiger partial charge in [0, 0.05) is 5.56 Å². The zero-order valence-electron chi connectivity index (χ0n) is 8.32. The highest BCUT2D eigenvalue weighted by atomic mass is 19.4. The van der Waals surface area contributed by atoms with Crippen molar-refractivity contribution in [3.8, 4) is 11.5 Å². The number of ether oxygens (including phenoxy) is 2. The average Bonchev–Trinajstić information content (AvgIpc) is 2.07. The third kappa shape index (κ3) is 4.41. The predicted octanol–water partition coefficient (Wildman–Crippen LogP) is 3.79. The normalized spacial score (nSPS) is 12.4. The Morgan fingerprint density at radius 2 is 1.18 bits per heavy atom. The lowest BCUT2D eigenvalue weighted by Crippen LogP contribution is -2.20. The number of benzene rings is 1. The number of hydrogen-bond acceptors (Lipinski definition) is 2. The minimum Gasteiger partial charge on any atom is -0.405 e. The van der Waals surface area contributed by atoms with Crippen LogP contribution in [0.4, 0.5) is 26.3 Å². The number of hydrogen-bond donors (Lipinski definition) is 0. The molecule has 0 heterocycles. The fraction of sp³-hybridized carbons (Fsp3) is 0.333. The second-order valence-corrected chi connectivity index (χ2v) is 2.97. The topological polar surface area (TPSA) is 18.5 Å². The molecule has 1 aromatic carbocycles. The second kappa shape index (κ2) is 4.34. The largest absolute Gasteiger partial charge is 0.573 e. The fourth-order valence-electron chi connectivity index (χ4n) is 1.06. The van der Waals surface area contributed by atoms with E-state index in [4.69, 9.17) is 0 Å². The molecule has 0 aliphatic rings. The Kier molecular flexibility index (Phi) is 3.44. The van der Waals surface area contributed by atoms with Gasteiger partial charge in [0.25, 0.3) is 0 Å². The Balaban J connectivity index is 3.00. The van der Waals surface area contributed by atoms with E-state index in [1.807, 2.05) is 0 Å². The van der Waals surface area contributed by atoms with E-state index < -0.39 is 24.2 Å². The van der Waals surface area contributed by atoms with E-state index in [9.17, 15) is 26.3 Å². The maximum absolute atomic E-state index is 11.9. The molecule has 96 valence electrons. The maximum atomic E-state index is 11.9. The number of rotatable bonds is 2. The lowest BCUT2D eigenvalue weighted by molar-refractivity contribution is -0.276.